The summed E-state index contributed by atoms with van der Waals surface area (Å²) in [6, 6.07) is 18.9. The van der Waals surface area contributed by atoms with E-state index in [1.54, 1.807) is 12.1 Å². The minimum Gasteiger partial charge on any atom is -0.481 e. The first-order chi connectivity index (χ1) is 16.5. The van der Waals surface area contributed by atoms with Crippen molar-refractivity contribution in [1.29, 1.82) is 0 Å². The molecule has 1 unspecified atom stereocenters. The van der Waals surface area contributed by atoms with E-state index in [4.69, 9.17) is 9.84 Å². The summed E-state index contributed by atoms with van der Waals surface area (Å²) < 4.78 is 5.60. The molecule has 3 aromatic rings. The Morgan fingerprint density at radius 1 is 1.00 bits per heavy atom. The Morgan fingerprint density at radius 2 is 1.68 bits per heavy atom. The molecule has 1 fully saturated rings. The van der Waals surface area contributed by atoms with Crippen molar-refractivity contribution in [3.8, 4) is 11.1 Å². The number of fused-ring (bicyclic) bond motifs is 3. The van der Waals surface area contributed by atoms with Gasteiger partial charge in [-0.1, -0.05) is 54.6 Å². The normalized spacial score (nSPS) is 18.9. The minimum absolute atomic E-state index is 0.0695. The van der Waals surface area contributed by atoms with Crippen molar-refractivity contribution in [3.63, 3.8) is 0 Å². The first kappa shape index (κ1) is 22.2. The molecule has 3 N–H and O–H groups in total. The molecule has 0 radical (unpaired) electrons. The van der Waals surface area contributed by atoms with Crippen LogP contribution in [0.5, 0.6) is 0 Å². The summed E-state index contributed by atoms with van der Waals surface area (Å²) in [6.45, 7) is 0.422. The SMILES string of the molecule is O=C(NC(C(=O)NC[C@H]1C[C@H]1C(=O)O)c1cccs1)OCC1c2ccccc2-c2ccccc21. The summed E-state index contributed by atoms with van der Waals surface area (Å²) in [5.74, 6) is -1.77. The molecule has 1 heterocycles. The lowest BCUT2D eigenvalue weighted by Gasteiger charge is -2.19. The predicted molar refractivity (Wildman–Crippen MR) is 128 cm³/mol. The monoisotopic (exact) mass is 476 g/mol. The highest BCUT2D eigenvalue weighted by Gasteiger charge is 2.43. The largest absolute Gasteiger partial charge is 0.481 e. The molecule has 34 heavy (non-hydrogen) atoms. The Bertz CT molecular complexity index is 1180. The van der Waals surface area contributed by atoms with E-state index in [1.165, 1.54) is 11.3 Å². The number of carbonyl (C=O) groups is 3. The fourth-order valence-corrected chi connectivity index (χ4v) is 5.36. The lowest BCUT2D eigenvalue weighted by atomic mass is 9.98. The average Bonchev–Trinajstić information content (AvgIpc) is 3.29. The summed E-state index contributed by atoms with van der Waals surface area (Å²) in [4.78, 5) is 37.3. The van der Waals surface area contributed by atoms with Gasteiger partial charge in [0.05, 0.1) is 5.92 Å². The number of nitrogens with one attached hydrogen (secondary N) is 2. The molecule has 0 spiro atoms. The van der Waals surface area contributed by atoms with E-state index >= 15 is 0 Å². The zero-order chi connectivity index (χ0) is 23.7. The van der Waals surface area contributed by atoms with E-state index in [0.29, 0.717) is 11.3 Å². The summed E-state index contributed by atoms with van der Waals surface area (Å²) in [7, 11) is 0. The second kappa shape index (κ2) is 9.30. The summed E-state index contributed by atoms with van der Waals surface area (Å²) in [6.07, 6.45) is -0.121. The molecule has 0 aliphatic heterocycles. The van der Waals surface area contributed by atoms with E-state index in [-0.39, 0.29) is 30.9 Å². The Balaban J connectivity index is 1.23. The lowest BCUT2D eigenvalue weighted by Crippen LogP contribution is -2.41. The number of hydrogen-bond donors (Lipinski definition) is 3. The van der Waals surface area contributed by atoms with Crippen LogP contribution >= 0.6 is 11.3 Å². The smallest absolute Gasteiger partial charge is 0.408 e. The van der Waals surface area contributed by atoms with Crippen LogP contribution < -0.4 is 10.6 Å². The van der Waals surface area contributed by atoms with Crippen molar-refractivity contribution >= 4 is 29.3 Å². The molecule has 7 nitrogen and oxygen atoms in total. The zero-order valence-corrected chi connectivity index (χ0v) is 19.1. The molecule has 2 aliphatic rings. The second-order valence-electron chi connectivity index (χ2n) is 8.60. The van der Waals surface area contributed by atoms with Gasteiger partial charge in [0.1, 0.15) is 12.6 Å². The van der Waals surface area contributed by atoms with Gasteiger partial charge in [0, 0.05) is 17.3 Å². The van der Waals surface area contributed by atoms with Crippen LogP contribution in [0.15, 0.2) is 66.0 Å². The molecule has 174 valence electrons. The van der Waals surface area contributed by atoms with E-state index in [9.17, 15) is 14.4 Å². The molecule has 3 atom stereocenters. The van der Waals surface area contributed by atoms with Crippen LogP contribution in [0.1, 0.15) is 34.4 Å². The van der Waals surface area contributed by atoms with Crippen LogP contribution in [0.2, 0.25) is 0 Å². The highest BCUT2D eigenvalue weighted by Crippen LogP contribution is 2.44. The van der Waals surface area contributed by atoms with Gasteiger partial charge in [-0.2, -0.15) is 0 Å². The molecule has 0 bridgehead atoms. The second-order valence-corrected chi connectivity index (χ2v) is 9.58. The molecule has 5 rings (SSSR count). The highest BCUT2D eigenvalue weighted by molar-refractivity contribution is 7.10. The highest BCUT2D eigenvalue weighted by atomic mass is 32.1. The predicted octanol–water partition coefficient (Wildman–Crippen LogP) is 4.16. The molecular formula is C26H24N2O5S. The van der Waals surface area contributed by atoms with Crippen molar-refractivity contribution in [2.24, 2.45) is 11.8 Å². The molecule has 0 saturated heterocycles. The van der Waals surface area contributed by atoms with Crippen LogP contribution in [0.3, 0.4) is 0 Å². The summed E-state index contributed by atoms with van der Waals surface area (Å²) in [5, 5.41) is 16.4. The van der Waals surface area contributed by atoms with Gasteiger partial charge in [-0.15, -0.1) is 11.3 Å². The first-order valence-corrected chi connectivity index (χ1v) is 12.1. The Morgan fingerprint density at radius 3 is 2.26 bits per heavy atom. The average molecular weight is 477 g/mol. The van der Waals surface area contributed by atoms with Crippen molar-refractivity contribution in [3.05, 3.63) is 82.0 Å². The number of carboxylic acid groups (broad SMARTS) is 1. The third-order valence-corrected chi connectivity index (χ3v) is 7.41. The van der Waals surface area contributed by atoms with Gasteiger partial charge >= 0.3 is 12.1 Å². The van der Waals surface area contributed by atoms with Gasteiger partial charge in [-0.05, 0) is 46.0 Å². The number of rotatable bonds is 8. The Hall–Kier alpha value is -3.65. The van der Waals surface area contributed by atoms with Crippen molar-refractivity contribution in [2.75, 3.05) is 13.2 Å². The number of carbonyl (C=O) groups excluding carboxylic acids is 2. The van der Waals surface area contributed by atoms with E-state index in [2.05, 4.69) is 22.8 Å². The number of thiophene rings is 1. The quantitative estimate of drug-likeness (QED) is 0.453. The van der Waals surface area contributed by atoms with Crippen LogP contribution in [0.4, 0.5) is 4.79 Å². The number of alkyl carbamates (subject to hydrolysis) is 1. The topological polar surface area (TPSA) is 105 Å². The molecule has 2 aliphatic carbocycles. The standard InChI is InChI=1S/C26H24N2O5S/c29-24(27-13-15-12-20(15)25(30)31)23(22-10-5-11-34-22)28-26(32)33-14-21-18-8-3-1-6-16(18)17-7-2-4-9-19(17)21/h1-11,15,20-21,23H,12-14H2,(H,27,29)(H,28,32)(H,30,31)/t15-,20-,23?/m1/s1. The summed E-state index contributed by atoms with van der Waals surface area (Å²) in [5.41, 5.74) is 4.51. The minimum atomic E-state index is -0.905. The fraction of sp³-hybridized carbons (Fsp3) is 0.269. The molecule has 2 aromatic carbocycles. The van der Waals surface area contributed by atoms with E-state index < -0.39 is 24.0 Å². The fourth-order valence-electron chi connectivity index (χ4n) is 4.59. The van der Waals surface area contributed by atoms with Gasteiger partial charge in [0.15, 0.2) is 0 Å². The van der Waals surface area contributed by atoms with Gasteiger partial charge < -0.3 is 20.5 Å². The van der Waals surface area contributed by atoms with Gasteiger partial charge in [-0.25, -0.2) is 4.79 Å². The number of carboxylic acids is 1. The van der Waals surface area contributed by atoms with E-state index in [0.717, 1.165) is 22.3 Å². The molecule has 1 aromatic heterocycles. The van der Waals surface area contributed by atoms with E-state index in [1.807, 2.05) is 41.8 Å². The van der Waals surface area contributed by atoms with Crippen molar-refractivity contribution in [2.45, 2.75) is 18.4 Å². The molecular weight excluding hydrogens is 452 g/mol. The van der Waals surface area contributed by atoms with Crippen molar-refractivity contribution < 1.29 is 24.2 Å². The number of hydrogen-bond acceptors (Lipinski definition) is 5. The lowest BCUT2D eigenvalue weighted by molar-refractivity contribution is -0.139. The third-order valence-electron chi connectivity index (χ3n) is 6.47. The number of amides is 2. The maximum absolute atomic E-state index is 12.9. The first-order valence-electron chi connectivity index (χ1n) is 11.2. The number of ether oxygens (including phenoxy) is 1. The van der Waals surface area contributed by atoms with Crippen LogP contribution in [0, 0.1) is 11.8 Å². The molecule has 1 saturated carbocycles. The number of aliphatic carboxylic acids is 1. The van der Waals surface area contributed by atoms with Crippen molar-refractivity contribution in [1.82, 2.24) is 10.6 Å². The van der Waals surface area contributed by atoms with Gasteiger partial charge in [0.25, 0.3) is 0 Å². The van der Waals surface area contributed by atoms with Crippen LogP contribution in [-0.4, -0.2) is 36.2 Å². The van der Waals surface area contributed by atoms with Gasteiger partial charge in [-0.3, -0.25) is 9.59 Å². The maximum atomic E-state index is 12.9. The summed E-state index contributed by atoms with van der Waals surface area (Å²) >= 11 is 1.36. The third kappa shape index (κ3) is 4.41. The van der Waals surface area contributed by atoms with Crippen LogP contribution in [0.25, 0.3) is 11.1 Å². The molecule has 8 heteroatoms. The molecule has 2 amide bonds. The van der Waals surface area contributed by atoms with Crippen LogP contribution in [-0.2, 0) is 14.3 Å². The maximum Gasteiger partial charge on any atom is 0.408 e. The zero-order valence-electron chi connectivity index (χ0n) is 18.3. The number of benzene rings is 2. The Labute approximate surface area is 200 Å². The Kier molecular flexibility index (Phi) is 6.06. The van der Waals surface area contributed by atoms with Gasteiger partial charge in [0.2, 0.25) is 5.91 Å².